The van der Waals surface area contributed by atoms with Gasteiger partial charge in [-0.05, 0) is 25.0 Å². The normalized spacial score (nSPS) is 21.6. The van der Waals surface area contributed by atoms with Gasteiger partial charge in [-0.25, -0.2) is 4.79 Å². The van der Waals surface area contributed by atoms with Crippen LogP contribution in [0, 0.1) is 0 Å². The van der Waals surface area contributed by atoms with Gasteiger partial charge in [0.05, 0.1) is 13.2 Å². The molecular weight excluding hydrogens is 464 g/mol. The number of urea groups is 1. The minimum absolute atomic E-state index is 0.0318. The van der Waals surface area contributed by atoms with Crippen molar-refractivity contribution in [2.24, 2.45) is 0 Å². The molecule has 31 heavy (non-hydrogen) atoms. The first-order valence-electron chi connectivity index (χ1n) is 10.4. The fourth-order valence-electron chi connectivity index (χ4n) is 4.49. The van der Waals surface area contributed by atoms with Gasteiger partial charge in [-0.1, -0.05) is 59.1 Å². The lowest BCUT2D eigenvalue weighted by molar-refractivity contribution is -0.144. The molecule has 4 amide bonds. The molecule has 0 spiro atoms. The van der Waals surface area contributed by atoms with Gasteiger partial charge in [-0.3, -0.25) is 19.4 Å². The van der Waals surface area contributed by atoms with Gasteiger partial charge in [-0.2, -0.15) is 0 Å². The molecule has 1 saturated heterocycles. The van der Waals surface area contributed by atoms with E-state index in [-0.39, 0.29) is 12.6 Å². The Morgan fingerprint density at radius 3 is 2.48 bits per heavy atom. The van der Waals surface area contributed by atoms with Crippen molar-refractivity contribution in [1.82, 2.24) is 9.80 Å². The van der Waals surface area contributed by atoms with Crippen LogP contribution in [0.25, 0.3) is 0 Å². The van der Waals surface area contributed by atoms with Crippen molar-refractivity contribution in [3.63, 3.8) is 0 Å². The van der Waals surface area contributed by atoms with Crippen molar-refractivity contribution in [2.75, 3.05) is 0 Å². The predicted octanol–water partition coefficient (Wildman–Crippen LogP) is 4.29. The van der Waals surface area contributed by atoms with Crippen molar-refractivity contribution in [2.45, 2.75) is 51.2 Å². The van der Waals surface area contributed by atoms with Gasteiger partial charge in [0, 0.05) is 27.2 Å². The monoisotopic (exact) mass is 484 g/mol. The van der Waals surface area contributed by atoms with E-state index in [1.807, 2.05) is 42.5 Å². The zero-order chi connectivity index (χ0) is 21.5. The van der Waals surface area contributed by atoms with Crippen LogP contribution in [-0.2, 0) is 27.5 Å². The molecule has 0 N–H and O–H groups in total. The summed E-state index contributed by atoms with van der Waals surface area (Å²) in [5.41, 5.74) is 2.34. The van der Waals surface area contributed by atoms with Crippen molar-refractivity contribution >= 4 is 33.8 Å². The second-order valence-corrected chi connectivity index (χ2v) is 8.93. The molecule has 1 aliphatic carbocycles. The first-order chi connectivity index (χ1) is 15.0. The summed E-state index contributed by atoms with van der Waals surface area (Å²) in [6.45, 7) is 0.298. The zero-order valence-electron chi connectivity index (χ0n) is 16.8. The lowest BCUT2D eigenvalue weighted by Crippen LogP contribution is -2.39. The summed E-state index contributed by atoms with van der Waals surface area (Å²) in [6, 6.07) is 12.6. The number of amides is 4. The summed E-state index contributed by atoms with van der Waals surface area (Å²) in [7, 11) is 0. The summed E-state index contributed by atoms with van der Waals surface area (Å²) >= 11 is 3.48. The van der Waals surface area contributed by atoms with E-state index in [0.29, 0.717) is 17.9 Å². The van der Waals surface area contributed by atoms with Crippen LogP contribution in [0.3, 0.4) is 0 Å². The van der Waals surface area contributed by atoms with E-state index in [1.54, 1.807) is 0 Å². The Balaban J connectivity index is 1.44. The lowest BCUT2D eigenvalue weighted by atomic mass is 10.1. The summed E-state index contributed by atoms with van der Waals surface area (Å²) in [4.78, 5) is 40.4. The minimum atomic E-state index is -0.780. The molecular formula is C23H21BrN2O5. The molecule has 2 heterocycles. The third-order valence-electron chi connectivity index (χ3n) is 6.00. The molecule has 2 aromatic carbocycles. The molecule has 0 radical (unpaired) electrons. The van der Waals surface area contributed by atoms with E-state index >= 15 is 0 Å². The highest BCUT2D eigenvalue weighted by atomic mass is 79.9. The van der Waals surface area contributed by atoms with Crippen molar-refractivity contribution in [1.29, 1.82) is 0 Å². The molecule has 7 nitrogen and oxygen atoms in total. The number of nitrogens with zero attached hydrogens (tertiary/aromatic N) is 2. The van der Waals surface area contributed by atoms with Crippen molar-refractivity contribution in [3.8, 4) is 5.75 Å². The molecule has 160 valence electrons. The average Bonchev–Trinajstić information content (AvgIpc) is 3.37. The van der Waals surface area contributed by atoms with E-state index in [4.69, 9.17) is 9.47 Å². The topological polar surface area (TPSA) is 76.2 Å². The number of ether oxygens (including phenoxy) is 2. The van der Waals surface area contributed by atoms with Gasteiger partial charge in [0.15, 0.2) is 0 Å². The fourth-order valence-corrected chi connectivity index (χ4v) is 5.04. The number of imide groups is 2. The maximum Gasteiger partial charge on any atom is 0.334 e. The standard InChI is InChI=1S/C23H21BrN2O5/c24-17-10-15(12-25-20(27)21(28)26(23(25)29)18-8-4-5-9-18)19-16(11-17)13-30-22(31-19)14-6-2-1-3-7-14/h1-3,6-7,10-11,18,22H,4-5,8-9,12-13H2/t22-/m1/s1. The Hall–Kier alpha value is -2.71. The third kappa shape index (κ3) is 3.64. The summed E-state index contributed by atoms with van der Waals surface area (Å²) < 4.78 is 12.8. The minimum Gasteiger partial charge on any atom is -0.460 e. The molecule has 2 aromatic rings. The van der Waals surface area contributed by atoms with Crippen LogP contribution in [0.4, 0.5) is 4.79 Å². The molecule has 3 aliphatic rings. The van der Waals surface area contributed by atoms with E-state index in [9.17, 15) is 14.4 Å². The van der Waals surface area contributed by atoms with Crippen molar-refractivity contribution in [3.05, 3.63) is 63.6 Å². The van der Waals surface area contributed by atoms with Crippen LogP contribution < -0.4 is 4.74 Å². The highest BCUT2D eigenvalue weighted by Crippen LogP contribution is 2.39. The van der Waals surface area contributed by atoms with Crippen LogP contribution >= 0.6 is 15.9 Å². The third-order valence-corrected chi connectivity index (χ3v) is 6.45. The summed E-state index contributed by atoms with van der Waals surface area (Å²) in [5, 5.41) is 0. The van der Waals surface area contributed by atoms with Gasteiger partial charge < -0.3 is 9.47 Å². The molecule has 1 atom stereocenters. The first-order valence-corrected chi connectivity index (χ1v) is 11.2. The number of fused-ring (bicyclic) bond motifs is 1. The quantitative estimate of drug-likeness (QED) is 0.477. The Morgan fingerprint density at radius 1 is 1.00 bits per heavy atom. The lowest BCUT2D eigenvalue weighted by Gasteiger charge is -2.29. The molecule has 0 bridgehead atoms. The number of hydrogen-bond donors (Lipinski definition) is 0. The van der Waals surface area contributed by atoms with Gasteiger partial charge in [-0.15, -0.1) is 0 Å². The molecule has 2 fully saturated rings. The first kappa shape index (κ1) is 20.2. The highest BCUT2D eigenvalue weighted by Gasteiger charge is 2.48. The number of halogens is 1. The zero-order valence-corrected chi connectivity index (χ0v) is 18.3. The molecule has 5 rings (SSSR count). The number of carbonyl (C=O) groups excluding carboxylic acids is 3. The van der Waals surface area contributed by atoms with Crippen molar-refractivity contribution < 1.29 is 23.9 Å². The second-order valence-electron chi connectivity index (χ2n) is 8.01. The van der Waals surface area contributed by atoms with Crippen LogP contribution in [0.5, 0.6) is 5.75 Å². The fraction of sp³-hybridized carbons (Fsp3) is 0.348. The largest absolute Gasteiger partial charge is 0.460 e. The summed E-state index contributed by atoms with van der Waals surface area (Å²) in [6.07, 6.45) is 2.84. The average molecular weight is 485 g/mol. The van der Waals surface area contributed by atoms with E-state index in [0.717, 1.165) is 51.1 Å². The van der Waals surface area contributed by atoms with Gasteiger partial charge in [0.25, 0.3) is 0 Å². The van der Waals surface area contributed by atoms with Gasteiger partial charge in [0.1, 0.15) is 5.75 Å². The Bertz CT molecular complexity index is 1050. The van der Waals surface area contributed by atoms with E-state index in [1.165, 1.54) is 0 Å². The highest BCUT2D eigenvalue weighted by molar-refractivity contribution is 9.10. The van der Waals surface area contributed by atoms with E-state index < -0.39 is 24.1 Å². The molecule has 1 saturated carbocycles. The van der Waals surface area contributed by atoms with Crippen LogP contribution in [0.1, 0.15) is 48.7 Å². The number of rotatable bonds is 4. The SMILES string of the molecule is O=C1C(=O)N(C2CCCC2)C(=O)N1Cc1cc(Br)cc2c1O[C@H](c1ccccc1)OC2. The number of carbonyl (C=O) groups is 3. The molecule has 0 aromatic heterocycles. The number of hydrogen-bond acceptors (Lipinski definition) is 5. The Labute approximate surface area is 188 Å². The predicted molar refractivity (Wildman–Crippen MR) is 114 cm³/mol. The van der Waals surface area contributed by atoms with Crippen LogP contribution in [0.2, 0.25) is 0 Å². The van der Waals surface area contributed by atoms with Crippen LogP contribution in [-0.4, -0.2) is 33.7 Å². The maximum absolute atomic E-state index is 13.0. The van der Waals surface area contributed by atoms with Gasteiger partial charge >= 0.3 is 17.8 Å². The smallest absolute Gasteiger partial charge is 0.334 e. The van der Waals surface area contributed by atoms with E-state index in [2.05, 4.69) is 15.9 Å². The molecule has 0 unspecified atom stereocenters. The van der Waals surface area contributed by atoms with Crippen LogP contribution in [0.15, 0.2) is 46.9 Å². The number of benzene rings is 2. The Morgan fingerprint density at radius 2 is 1.74 bits per heavy atom. The Kier molecular flexibility index (Phi) is 5.27. The maximum atomic E-state index is 13.0. The summed E-state index contributed by atoms with van der Waals surface area (Å²) in [5.74, 6) is -0.930. The van der Waals surface area contributed by atoms with Gasteiger partial charge in [0.2, 0.25) is 6.29 Å². The second kappa shape index (κ2) is 8.09. The molecule has 2 aliphatic heterocycles. The molecule has 8 heteroatoms.